The maximum absolute atomic E-state index is 11.6. The Bertz CT molecular complexity index is 442. The fourth-order valence-corrected chi connectivity index (χ4v) is 2.37. The summed E-state index contributed by atoms with van der Waals surface area (Å²) in [4.78, 5) is 11.6. The van der Waals surface area contributed by atoms with Crippen molar-refractivity contribution in [1.29, 1.82) is 0 Å². The zero-order valence-electron chi connectivity index (χ0n) is 11.9. The van der Waals surface area contributed by atoms with E-state index in [9.17, 15) is 4.79 Å². The van der Waals surface area contributed by atoms with Gasteiger partial charge in [-0.15, -0.1) is 0 Å². The van der Waals surface area contributed by atoms with E-state index < -0.39 is 0 Å². The maximum atomic E-state index is 11.6. The summed E-state index contributed by atoms with van der Waals surface area (Å²) in [6, 6.07) is 6.40. The van der Waals surface area contributed by atoms with Gasteiger partial charge in [0.1, 0.15) is 5.75 Å². The summed E-state index contributed by atoms with van der Waals surface area (Å²) in [5.41, 5.74) is 2.81. The first-order valence-electron chi connectivity index (χ1n) is 7.23. The van der Waals surface area contributed by atoms with Gasteiger partial charge in [-0.25, -0.2) is 0 Å². The van der Waals surface area contributed by atoms with Crippen molar-refractivity contribution in [2.75, 3.05) is 6.61 Å². The quantitative estimate of drug-likeness (QED) is 0.885. The van der Waals surface area contributed by atoms with Crippen LogP contribution in [0.4, 0.5) is 0 Å². The molecule has 1 atom stereocenters. The molecule has 0 spiro atoms. The summed E-state index contributed by atoms with van der Waals surface area (Å²) in [6.45, 7) is 4.15. The highest BCUT2D eigenvalue weighted by molar-refractivity contribution is 5.77. The van der Waals surface area contributed by atoms with Crippen LogP contribution in [-0.2, 0) is 17.6 Å². The highest BCUT2D eigenvalue weighted by Gasteiger charge is 2.11. The molecule has 1 amide bonds. The van der Waals surface area contributed by atoms with Crippen LogP contribution < -0.4 is 10.1 Å². The van der Waals surface area contributed by atoms with Crippen molar-refractivity contribution in [2.24, 2.45) is 0 Å². The third-order valence-corrected chi connectivity index (χ3v) is 3.71. The molecule has 0 aliphatic heterocycles. The van der Waals surface area contributed by atoms with Gasteiger partial charge in [-0.3, -0.25) is 4.79 Å². The second-order valence-corrected chi connectivity index (χ2v) is 5.30. The van der Waals surface area contributed by atoms with Crippen LogP contribution in [-0.4, -0.2) is 18.6 Å². The third-order valence-electron chi connectivity index (χ3n) is 3.71. The number of amides is 1. The largest absolute Gasteiger partial charge is 0.484 e. The molecule has 1 aromatic rings. The van der Waals surface area contributed by atoms with Gasteiger partial charge in [0.15, 0.2) is 6.61 Å². The predicted octanol–water partition coefficient (Wildman–Crippen LogP) is 2.86. The Kier molecular flexibility index (Phi) is 4.83. The van der Waals surface area contributed by atoms with Crippen molar-refractivity contribution in [3.05, 3.63) is 29.3 Å². The van der Waals surface area contributed by atoms with E-state index in [1.807, 2.05) is 13.0 Å². The summed E-state index contributed by atoms with van der Waals surface area (Å²) < 4.78 is 5.57. The molecule has 0 bridgehead atoms. The Morgan fingerprint density at radius 3 is 2.79 bits per heavy atom. The number of nitrogens with one attached hydrogen (secondary N) is 1. The zero-order valence-corrected chi connectivity index (χ0v) is 11.9. The van der Waals surface area contributed by atoms with E-state index in [-0.39, 0.29) is 18.6 Å². The monoisotopic (exact) mass is 261 g/mol. The topological polar surface area (TPSA) is 38.3 Å². The molecule has 0 heterocycles. The molecule has 0 fully saturated rings. The van der Waals surface area contributed by atoms with Gasteiger partial charge in [0.2, 0.25) is 0 Å². The number of aryl methyl sites for hydroxylation is 2. The molecule has 104 valence electrons. The molecule has 1 N–H and O–H groups in total. The van der Waals surface area contributed by atoms with Gasteiger partial charge in [-0.2, -0.15) is 0 Å². The van der Waals surface area contributed by atoms with Crippen molar-refractivity contribution in [3.63, 3.8) is 0 Å². The lowest BCUT2D eigenvalue weighted by atomic mass is 9.92. The molecular formula is C16H23NO2. The molecule has 3 nitrogen and oxygen atoms in total. The Morgan fingerprint density at radius 2 is 2.05 bits per heavy atom. The molecule has 0 radical (unpaired) electrons. The molecule has 1 aliphatic rings. The normalized spacial score (nSPS) is 15.5. The molecule has 19 heavy (non-hydrogen) atoms. The van der Waals surface area contributed by atoms with E-state index in [2.05, 4.69) is 24.4 Å². The summed E-state index contributed by atoms with van der Waals surface area (Å²) in [5, 5.41) is 2.90. The fraction of sp³-hybridized carbons (Fsp3) is 0.562. The Morgan fingerprint density at radius 1 is 1.32 bits per heavy atom. The van der Waals surface area contributed by atoms with Crippen LogP contribution in [0.2, 0.25) is 0 Å². The number of benzene rings is 1. The number of ether oxygens (including phenoxy) is 1. The van der Waals surface area contributed by atoms with Crippen LogP contribution >= 0.6 is 0 Å². The second-order valence-electron chi connectivity index (χ2n) is 5.30. The van der Waals surface area contributed by atoms with Gasteiger partial charge < -0.3 is 10.1 Å². The summed E-state index contributed by atoms with van der Waals surface area (Å²) in [7, 11) is 0. The van der Waals surface area contributed by atoms with Crippen LogP contribution in [0.3, 0.4) is 0 Å². The molecule has 1 aromatic carbocycles. The van der Waals surface area contributed by atoms with Gasteiger partial charge in [0, 0.05) is 6.04 Å². The number of carbonyl (C=O) groups excluding carboxylic acids is 1. The van der Waals surface area contributed by atoms with Gasteiger partial charge in [-0.1, -0.05) is 13.0 Å². The maximum Gasteiger partial charge on any atom is 0.258 e. The number of hydrogen-bond donors (Lipinski definition) is 1. The van der Waals surface area contributed by atoms with Crippen LogP contribution in [0.25, 0.3) is 0 Å². The molecule has 1 unspecified atom stereocenters. The lowest BCUT2D eigenvalue weighted by Crippen LogP contribution is -2.35. The highest BCUT2D eigenvalue weighted by Crippen LogP contribution is 2.25. The van der Waals surface area contributed by atoms with E-state index in [0.717, 1.165) is 18.6 Å². The highest BCUT2D eigenvalue weighted by atomic mass is 16.5. The number of rotatable bonds is 5. The lowest BCUT2D eigenvalue weighted by molar-refractivity contribution is -0.123. The molecule has 2 rings (SSSR count). The molecule has 0 aromatic heterocycles. The standard InChI is InChI=1S/C16H23NO2/c1-3-12(2)17-16(18)11-19-15-9-8-13-6-4-5-7-14(13)10-15/h8-10,12H,3-7,11H2,1-2H3,(H,17,18). The van der Waals surface area contributed by atoms with E-state index in [4.69, 9.17) is 4.74 Å². The lowest BCUT2D eigenvalue weighted by Gasteiger charge is -2.17. The predicted molar refractivity (Wildman–Crippen MR) is 76.5 cm³/mol. The van der Waals surface area contributed by atoms with Crippen molar-refractivity contribution in [2.45, 2.75) is 52.0 Å². The average Bonchev–Trinajstić information content (AvgIpc) is 2.44. The van der Waals surface area contributed by atoms with Crippen molar-refractivity contribution < 1.29 is 9.53 Å². The Hall–Kier alpha value is -1.51. The van der Waals surface area contributed by atoms with E-state index in [1.165, 1.54) is 30.4 Å². The van der Waals surface area contributed by atoms with Gasteiger partial charge in [0.05, 0.1) is 0 Å². The van der Waals surface area contributed by atoms with Crippen molar-refractivity contribution in [3.8, 4) is 5.75 Å². The first kappa shape index (κ1) is 13.9. The first-order valence-corrected chi connectivity index (χ1v) is 7.23. The minimum Gasteiger partial charge on any atom is -0.484 e. The summed E-state index contributed by atoms with van der Waals surface area (Å²) >= 11 is 0. The summed E-state index contributed by atoms with van der Waals surface area (Å²) in [6.07, 6.45) is 5.77. The van der Waals surface area contributed by atoms with E-state index >= 15 is 0 Å². The van der Waals surface area contributed by atoms with E-state index in [0.29, 0.717) is 0 Å². The van der Waals surface area contributed by atoms with Crippen LogP contribution in [0.1, 0.15) is 44.2 Å². The fourth-order valence-electron chi connectivity index (χ4n) is 2.37. The van der Waals surface area contributed by atoms with Gasteiger partial charge in [0.25, 0.3) is 5.91 Å². The second kappa shape index (κ2) is 6.60. The zero-order chi connectivity index (χ0) is 13.7. The number of hydrogen-bond acceptors (Lipinski definition) is 2. The molecule has 0 saturated carbocycles. The molecule has 0 saturated heterocycles. The Labute approximate surface area is 115 Å². The molecule has 1 aliphatic carbocycles. The van der Waals surface area contributed by atoms with Crippen LogP contribution in [0.15, 0.2) is 18.2 Å². The minimum absolute atomic E-state index is 0.0490. The van der Waals surface area contributed by atoms with Crippen LogP contribution in [0, 0.1) is 0 Å². The molecule has 3 heteroatoms. The van der Waals surface area contributed by atoms with Gasteiger partial charge >= 0.3 is 0 Å². The average molecular weight is 261 g/mol. The smallest absolute Gasteiger partial charge is 0.258 e. The minimum atomic E-state index is -0.0490. The number of fused-ring (bicyclic) bond motifs is 1. The SMILES string of the molecule is CCC(C)NC(=O)COc1ccc2c(c1)CCCC2. The number of carbonyl (C=O) groups is 1. The summed E-state index contributed by atoms with van der Waals surface area (Å²) in [5.74, 6) is 0.757. The van der Waals surface area contributed by atoms with Crippen molar-refractivity contribution in [1.82, 2.24) is 5.32 Å². The van der Waals surface area contributed by atoms with Crippen LogP contribution in [0.5, 0.6) is 5.75 Å². The van der Waals surface area contributed by atoms with E-state index in [1.54, 1.807) is 0 Å². The Balaban J connectivity index is 1.87. The molecular weight excluding hydrogens is 238 g/mol. The first-order chi connectivity index (χ1) is 9.19. The van der Waals surface area contributed by atoms with Gasteiger partial charge in [-0.05, 0) is 62.3 Å². The van der Waals surface area contributed by atoms with Crippen molar-refractivity contribution >= 4 is 5.91 Å². The third kappa shape index (κ3) is 3.98.